The lowest BCUT2D eigenvalue weighted by Gasteiger charge is -2.32. The van der Waals surface area contributed by atoms with Crippen molar-refractivity contribution in [2.45, 2.75) is 17.1 Å². The molecule has 2 aromatic heterocycles. The first-order valence-corrected chi connectivity index (χ1v) is 10.3. The molecule has 0 aliphatic carbocycles. The summed E-state index contributed by atoms with van der Waals surface area (Å²) < 4.78 is 37.6. The van der Waals surface area contributed by atoms with E-state index in [9.17, 15) is 13.2 Å². The molecule has 0 aromatic carbocycles. The maximum absolute atomic E-state index is 12.5. The number of sulfonamides is 1. The number of amides is 1. The first-order chi connectivity index (χ1) is 12.0. The summed E-state index contributed by atoms with van der Waals surface area (Å²) in [5.74, 6) is 0.399. The Morgan fingerprint density at radius 3 is 2.96 bits per heavy atom. The van der Waals surface area contributed by atoms with Gasteiger partial charge in [-0.2, -0.15) is 0 Å². The highest BCUT2D eigenvalue weighted by Gasteiger charge is 2.27. The van der Waals surface area contributed by atoms with E-state index in [1.54, 1.807) is 34.5 Å². The number of methoxy groups -OCH3 is 1. The topological polar surface area (TPSA) is 88.9 Å². The van der Waals surface area contributed by atoms with Crippen LogP contribution in [0.4, 0.5) is 0 Å². The molecular weight excluding hydrogens is 364 g/mol. The SMILES string of the molecule is COc1ccc(C(=O)N2CCCC(CNS(=O)(=O)c3cccs3)C2)o1. The maximum Gasteiger partial charge on any atom is 0.289 e. The molecule has 1 saturated heterocycles. The van der Waals surface area contributed by atoms with Gasteiger partial charge < -0.3 is 14.1 Å². The lowest BCUT2D eigenvalue weighted by atomic mass is 9.98. The summed E-state index contributed by atoms with van der Waals surface area (Å²) in [5, 5.41) is 1.73. The Kier molecular flexibility index (Phi) is 5.45. The molecule has 1 atom stereocenters. The predicted molar refractivity (Wildman–Crippen MR) is 93.4 cm³/mol. The zero-order valence-electron chi connectivity index (χ0n) is 13.8. The fourth-order valence-electron chi connectivity index (χ4n) is 2.83. The molecule has 3 rings (SSSR count). The number of carbonyl (C=O) groups excluding carboxylic acids is 1. The second kappa shape index (κ2) is 7.59. The number of nitrogens with one attached hydrogen (secondary N) is 1. The molecule has 0 spiro atoms. The van der Waals surface area contributed by atoms with Gasteiger partial charge in [-0.05, 0) is 36.3 Å². The predicted octanol–water partition coefficient (Wildman–Crippen LogP) is 2.18. The second-order valence-electron chi connectivity index (χ2n) is 5.87. The molecule has 3 heterocycles. The van der Waals surface area contributed by atoms with Crippen LogP contribution < -0.4 is 9.46 Å². The van der Waals surface area contributed by atoms with Crippen LogP contribution in [0.1, 0.15) is 23.4 Å². The van der Waals surface area contributed by atoms with E-state index < -0.39 is 10.0 Å². The van der Waals surface area contributed by atoms with Crippen molar-refractivity contribution in [1.29, 1.82) is 0 Å². The summed E-state index contributed by atoms with van der Waals surface area (Å²) in [4.78, 5) is 14.2. The number of carbonyl (C=O) groups is 1. The standard InChI is InChI=1S/C16H20N2O5S2/c1-22-14-7-6-13(23-14)16(19)18-8-2-4-12(11-18)10-17-25(20,21)15-5-3-9-24-15/h3,5-7,9,12,17H,2,4,8,10-11H2,1H3. The van der Waals surface area contributed by atoms with Gasteiger partial charge in [-0.25, -0.2) is 13.1 Å². The lowest BCUT2D eigenvalue weighted by molar-refractivity contribution is 0.0638. The average molecular weight is 384 g/mol. The summed E-state index contributed by atoms with van der Waals surface area (Å²) in [5.41, 5.74) is 0. The molecule has 1 unspecified atom stereocenters. The molecule has 7 nitrogen and oxygen atoms in total. The first-order valence-electron chi connectivity index (χ1n) is 7.96. The quantitative estimate of drug-likeness (QED) is 0.825. The molecular formula is C16H20N2O5S2. The third-order valence-electron chi connectivity index (χ3n) is 4.12. The molecule has 25 heavy (non-hydrogen) atoms. The fourth-order valence-corrected chi connectivity index (χ4v) is 4.99. The highest BCUT2D eigenvalue weighted by atomic mass is 32.2. The minimum atomic E-state index is -3.48. The highest BCUT2D eigenvalue weighted by molar-refractivity contribution is 7.91. The van der Waals surface area contributed by atoms with Gasteiger partial charge in [0, 0.05) is 25.7 Å². The number of ether oxygens (including phenoxy) is 1. The minimum Gasteiger partial charge on any atom is -0.468 e. The molecule has 1 fully saturated rings. The number of furan rings is 1. The largest absolute Gasteiger partial charge is 0.468 e. The monoisotopic (exact) mass is 384 g/mol. The van der Waals surface area contributed by atoms with Gasteiger partial charge in [-0.1, -0.05) is 6.07 Å². The van der Waals surface area contributed by atoms with Crippen molar-refractivity contribution in [3.05, 3.63) is 35.4 Å². The Balaban J connectivity index is 1.58. The smallest absolute Gasteiger partial charge is 0.289 e. The third-order valence-corrected chi connectivity index (χ3v) is 6.94. The van der Waals surface area contributed by atoms with E-state index in [2.05, 4.69) is 4.72 Å². The van der Waals surface area contributed by atoms with E-state index in [-0.39, 0.29) is 17.6 Å². The van der Waals surface area contributed by atoms with Crippen LogP contribution in [-0.2, 0) is 10.0 Å². The fraction of sp³-hybridized carbons (Fsp3) is 0.438. The molecule has 2 aromatic rings. The summed E-state index contributed by atoms with van der Waals surface area (Å²) in [6, 6.07) is 6.47. The van der Waals surface area contributed by atoms with Gasteiger partial charge in [0.15, 0.2) is 5.76 Å². The Hall–Kier alpha value is -1.84. The average Bonchev–Trinajstić information content (AvgIpc) is 3.31. The number of rotatable bonds is 6. The van der Waals surface area contributed by atoms with E-state index in [4.69, 9.17) is 9.15 Å². The Morgan fingerprint density at radius 1 is 1.44 bits per heavy atom. The number of likely N-dealkylation sites (tertiary alicyclic amines) is 1. The Morgan fingerprint density at radius 2 is 2.28 bits per heavy atom. The van der Waals surface area contributed by atoms with Crippen molar-refractivity contribution in [1.82, 2.24) is 9.62 Å². The van der Waals surface area contributed by atoms with Crippen LogP contribution >= 0.6 is 11.3 Å². The zero-order valence-corrected chi connectivity index (χ0v) is 15.4. The number of piperidine rings is 1. The van der Waals surface area contributed by atoms with Crippen LogP contribution in [-0.4, -0.2) is 46.0 Å². The molecule has 136 valence electrons. The van der Waals surface area contributed by atoms with Gasteiger partial charge in [0.05, 0.1) is 7.11 Å². The van der Waals surface area contributed by atoms with Crippen molar-refractivity contribution in [3.63, 3.8) is 0 Å². The van der Waals surface area contributed by atoms with E-state index >= 15 is 0 Å². The van der Waals surface area contributed by atoms with Crippen LogP contribution in [0.25, 0.3) is 0 Å². The van der Waals surface area contributed by atoms with Crippen LogP contribution in [0, 0.1) is 5.92 Å². The van der Waals surface area contributed by atoms with Crippen LogP contribution in [0.3, 0.4) is 0 Å². The van der Waals surface area contributed by atoms with Gasteiger partial charge >= 0.3 is 0 Å². The zero-order chi connectivity index (χ0) is 17.9. The van der Waals surface area contributed by atoms with Crippen molar-refractivity contribution >= 4 is 27.3 Å². The van der Waals surface area contributed by atoms with E-state index in [1.807, 2.05) is 0 Å². The van der Waals surface area contributed by atoms with E-state index in [1.165, 1.54) is 18.4 Å². The molecule has 1 amide bonds. The molecule has 9 heteroatoms. The molecule has 1 aliphatic rings. The van der Waals surface area contributed by atoms with Gasteiger partial charge in [0.1, 0.15) is 4.21 Å². The molecule has 0 radical (unpaired) electrons. The summed E-state index contributed by atoms with van der Waals surface area (Å²) in [7, 11) is -2.00. The Bertz CT molecular complexity index is 813. The summed E-state index contributed by atoms with van der Waals surface area (Å²) in [6.07, 6.45) is 1.70. The first kappa shape index (κ1) is 18.0. The maximum atomic E-state index is 12.5. The van der Waals surface area contributed by atoms with Gasteiger partial charge in [0.2, 0.25) is 10.0 Å². The summed E-state index contributed by atoms with van der Waals surface area (Å²) >= 11 is 1.18. The van der Waals surface area contributed by atoms with Crippen LogP contribution in [0.15, 0.2) is 38.3 Å². The van der Waals surface area contributed by atoms with Crippen molar-refractivity contribution in [2.24, 2.45) is 5.92 Å². The van der Waals surface area contributed by atoms with Crippen LogP contribution in [0.2, 0.25) is 0 Å². The normalized spacial score (nSPS) is 18.3. The Labute approximate surface area is 150 Å². The van der Waals surface area contributed by atoms with E-state index in [0.717, 1.165) is 12.8 Å². The minimum absolute atomic E-state index is 0.0734. The highest BCUT2D eigenvalue weighted by Crippen LogP contribution is 2.22. The van der Waals surface area contributed by atoms with Gasteiger partial charge in [0.25, 0.3) is 11.9 Å². The van der Waals surface area contributed by atoms with Crippen molar-refractivity contribution in [3.8, 4) is 5.95 Å². The van der Waals surface area contributed by atoms with Crippen molar-refractivity contribution < 1.29 is 22.4 Å². The van der Waals surface area contributed by atoms with Crippen LogP contribution in [0.5, 0.6) is 5.95 Å². The molecule has 1 N–H and O–H groups in total. The third kappa shape index (κ3) is 4.23. The molecule has 1 aliphatic heterocycles. The number of nitrogens with zero attached hydrogens (tertiary/aromatic N) is 1. The number of thiophene rings is 1. The molecule has 0 bridgehead atoms. The van der Waals surface area contributed by atoms with Crippen molar-refractivity contribution in [2.75, 3.05) is 26.7 Å². The lowest BCUT2D eigenvalue weighted by Crippen LogP contribution is -2.43. The van der Waals surface area contributed by atoms with Gasteiger partial charge in [-0.15, -0.1) is 11.3 Å². The summed E-state index contributed by atoms with van der Waals surface area (Å²) in [6.45, 7) is 1.44. The molecule has 0 saturated carbocycles. The number of hydrogen-bond acceptors (Lipinski definition) is 6. The second-order valence-corrected chi connectivity index (χ2v) is 8.81. The van der Waals surface area contributed by atoms with E-state index in [0.29, 0.717) is 29.8 Å². The van der Waals surface area contributed by atoms with Gasteiger partial charge in [-0.3, -0.25) is 4.79 Å². The number of hydrogen-bond donors (Lipinski definition) is 1.